The summed E-state index contributed by atoms with van der Waals surface area (Å²) in [5.74, 6) is 0.833. The lowest BCUT2D eigenvalue weighted by Crippen LogP contribution is -2.56. The van der Waals surface area contributed by atoms with Gasteiger partial charge in [-0.25, -0.2) is 0 Å². The zero-order chi connectivity index (χ0) is 22.0. The lowest BCUT2D eigenvalue weighted by atomic mass is 9.86. The molecule has 8 nitrogen and oxygen atoms in total. The minimum Gasteiger partial charge on any atom is -0.492 e. The monoisotopic (exact) mass is 450 g/mol. The van der Waals surface area contributed by atoms with Crippen LogP contribution < -0.4 is 21.1 Å². The number of fused-ring (bicyclic) bond motifs is 1. The molecule has 2 fully saturated rings. The van der Waals surface area contributed by atoms with Crippen molar-refractivity contribution in [2.24, 2.45) is 5.92 Å². The average molecular weight is 451 g/mol. The van der Waals surface area contributed by atoms with Crippen molar-refractivity contribution < 1.29 is 19.1 Å². The maximum atomic E-state index is 12.9. The van der Waals surface area contributed by atoms with Gasteiger partial charge >= 0.3 is 0 Å². The number of Topliss-reactive ketones (excluding diaryl/α,β-unsaturated/α-hetero) is 1. The Morgan fingerprint density at radius 2 is 2.13 bits per heavy atom. The first-order valence-corrected chi connectivity index (χ1v) is 11.4. The molecule has 0 spiro atoms. The molecule has 0 bridgehead atoms. The molecule has 1 aromatic carbocycles. The first kappa shape index (κ1) is 22.3. The number of hydrogen-bond donors (Lipinski definition) is 3. The Labute approximate surface area is 187 Å². The highest BCUT2D eigenvalue weighted by Gasteiger charge is 2.35. The summed E-state index contributed by atoms with van der Waals surface area (Å²) >= 11 is 6.22. The molecule has 3 aliphatic heterocycles. The number of piperidine rings is 1. The van der Waals surface area contributed by atoms with Gasteiger partial charge in [0.05, 0.1) is 41.6 Å². The molecule has 0 aromatic heterocycles. The average Bonchev–Trinajstić information content (AvgIpc) is 3.26. The second-order valence-electron chi connectivity index (χ2n) is 8.57. The summed E-state index contributed by atoms with van der Waals surface area (Å²) in [7, 11) is 0. The molecule has 2 atom stereocenters. The second kappa shape index (κ2) is 9.73. The number of morpholine rings is 1. The van der Waals surface area contributed by atoms with E-state index in [0.29, 0.717) is 60.7 Å². The van der Waals surface area contributed by atoms with Crippen LogP contribution in [0.15, 0.2) is 6.07 Å². The number of nitrogens with one attached hydrogen (secondary N) is 2. The number of ketones is 1. The summed E-state index contributed by atoms with van der Waals surface area (Å²) in [6.07, 6.45) is 2.48. The quantitative estimate of drug-likeness (QED) is 0.560. The van der Waals surface area contributed by atoms with E-state index in [1.165, 1.54) is 0 Å². The molecule has 3 aliphatic rings. The lowest BCUT2D eigenvalue weighted by molar-refractivity contribution is -0.129. The maximum absolute atomic E-state index is 12.9. The number of ether oxygens (including phenoxy) is 2. The molecule has 0 radical (unpaired) electrons. The first-order chi connectivity index (χ1) is 15.0. The van der Waals surface area contributed by atoms with Crippen LogP contribution in [-0.4, -0.2) is 74.7 Å². The molecule has 170 valence electrons. The molecule has 3 heterocycles. The van der Waals surface area contributed by atoms with E-state index in [1.807, 2.05) is 0 Å². The Morgan fingerprint density at radius 1 is 1.35 bits per heavy atom. The molecule has 4 N–H and O–H groups in total. The van der Waals surface area contributed by atoms with E-state index in [1.54, 1.807) is 13.0 Å². The number of anilines is 1. The Balaban J connectivity index is 1.39. The minimum absolute atomic E-state index is 0.0863. The van der Waals surface area contributed by atoms with Crippen molar-refractivity contribution in [3.05, 3.63) is 22.2 Å². The van der Waals surface area contributed by atoms with Crippen LogP contribution >= 0.6 is 11.6 Å². The third-order valence-electron chi connectivity index (χ3n) is 6.52. The number of halogens is 1. The predicted octanol–water partition coefficient (Wildman–Crippen LogP) is 1.24. The van der Waals surface area contributed by atoms with Gasteiger partial charge in [-0.3, -0.25) is 14.5 Å². The molecule has 9 heteroatoms. The second-order valence-corrected chi connectivity index (χ2v) is 8.97. The molecule has 1 amide bonds. The first-order valence-electron chi connectivity index (χ1n) is 11.0. The van der Waals surface area contributed by atoms with Gasteiger partial charge in [0.15, 0.2) is 0 Å². The molecule has 4 rings (SSSR count). The summed E-state index contributed by atoms with van der Waals surface area (Å²) in [5.41, 5.74) is 7.69. The summed E-state index contributed by atoms with van der Waals surface area (Å²) in [6.45, 7) is 6.32. The van der Waals surface area contributed by atoms with Crippen LogP contribution in [0, 0.1) is 5.92 Å². The van der Waals surface area contributed by atoms with Crippen molar-refractivity contribution in [3.8, 4) is 5.75 Å². The standard InChI is InChI=1S/C22H31ClN4O4/c1-13(28)20(14-2-5-25-6-3-14)27-7-9-30-15(12-27)11-26-22(29)17-10-18(23)19(24)16-4-8-31-21(16)17/h10,14-15,20,25H,2-9,11-12,24H2,1H3,(H,26,29). The SMILES string of the molecule is CC(=O)C(C1CCNCC1)N1CCOC(CNC(=O)c2cc(Cl)c(N)c3c2OCC3)C1. The van der Waals surface area contributed by atoms with Crippen molar-refractivity contribution in [2.45, 2.75) is 38.3 Å². The molecule has 31 heavy (non-hydrogen) atoms. The molecular weight excluding hydrogens is 420 g/mol. The topological polar surface area (TPSA) is 106 Å². The largest absolute Gasteiger partial charge is 0.492 e. The Hall–Kier alpha value is -1.87. The fourth-order valence-corrected chi connectivity index (χ4v) is 5.23. The van der Waals surface area contributed by atoms with Crippen molar-refractivity contribution >= 4 is 29.0 Å². The van der Waals surface area contributed by atoms with E-state index < -0.39 is 0 Å². The van der Waals surface area contributed by atoms with E-state index in [4.69, 9.17) is 26.8 Å². The minimum atomic E-state index is -0.262. The summed E-state index contributed by atoms with van der Waals surface area (Å²) in [6, 6.07) is 1.48. The van der Waals surface area contributed by atoms with Crippen LogP contribution in [0.25, 0.3) is 0 Å². The summed E-state index contributed by atoms with van der Waals surface area (Å²) in [4.78, 5) is 27.6. The van der Waals surface area contributed by atoms with E-state index in [9.17, 15) is 9.59 Å². The van der Waals surface area contributed by atoms with Gasteiger partial charge < -0.3 is 25.8 Å². The summed E-state index contributed by atoms with van der Waals surface area (Å²) < 4.78 is 11.5. The van der Waals surface area contributed by atoms with Crippen molar-refractivity contribution in [2.75, 3.05) is 51.7 Å². The zero-order valence-corrected chi connectivity index (χ0v) is 18.7. The van der Waals surface area contributed by atoms with Gasteiger partial charge in [-0.15, -0.1) is 0 Å². The Morgan fingerprint density at radius 3 is 2.87 bits per heavy atom. The van der Waals surface area contributed by atoms with E-state index in [2.05, 4.69) is 15.5 Å². The van der Waals surface area contributed by atoms with Crippen LogP contribution in [0.5, 0.6) is 5.75 Å². The lowest BCUT2D eigenvalue weighted by Gasteiger charge is -2.41. The van der Waals surface area contributed by atoms with E-state index in [0.717, 1.165) is 38.0 Å². The van der Waals surface area contributed by atoms with Gasteiger partial charge in [0, 0.05) is 31.6 Å². The van der Waals surface area contributed by atoms with Crippen molar-refractivity contribution in [1.82, 2.24) is 15.5 Å². The van der Waals surface area contributed by atoms with Gasteiger partial charge in [0.1, 0.15) is 11.5 Å². The highest BCUT2D eigenvalue weighted by atomic mass is 35.5. The number of nitrogens with two attached hydrogens (primary N) is 1. The molecule has 2 saturated heterocycles. The molecular formula is C22H31ClN4O4. The van der Waals surface area contributed by atoms with E-state index >= 15 is 0 Å². The predicted molar refractivity (Wildman–Crippen MR) is 119 cm³/mol. The Kier molecular flexibility index (Phi) is 7.01. The third kappa shape index (κ3) is 4.82. The molecule has 0 aliphatic carbocycles. The van der Waals surface area contributed by atoms with Crippen molar-refractivity contribution in [1.29, 1.82) is 0 Å². The fraction of sp³-hybridized carbons (Fsp3) is 0.636. The number of nitrogens with zero attached hydrogens (tertiary/aromatic N) is 1. The smallest absolute Gasteiger partial charge is 0.255 e. The van der Waals surface area contributed by atoms with Gasteiger partial charge in [-0.1, -0.05) is 11.6 Å². The molecule has 2 unspecified atom stereocenters. The number of amides is 1. The maximum Gasteiger partial charge on any atom is 0.255 e. The number of hydrogen-bond acceptors (Lipinski definition) is 7. The van der Waals surface area contributed by atoms with Gasteiger partial charge in [-0.05, 0) is 44.8 Å². The Bertz CT molecular complexity index is 843. The molecule has 0 saturated carbocycles. The highest BCUT2D eigenvalue weighted by molar-refractivity contribution is 6.33. The number of benzene rings is 1. The number of rotatable bonds is 6. The van der Waals surface area contributed by atoms with Crippen LogP contribution in [0.2, 0.25) is 5.02 Å². The van der Waals surface area contributed by atoms with Crippen LogP contribution in [0.1, 0.15) is 35.7 Å². The molecule has 1 aromatic rings. The zero-order valence-electron chi connectivity index (χ0n) is 17.9. The summed E-state index contributed by atoms with van der Waals surface area (Å²) in [5, 5.41) is 6.67. The van der Waals surface area contributed by atoms with Gasteiger partial charge in [-0.2, -0.15) is 0 Å². The number of carbonyl (C=O) groups excluding carboxylic acids is 2. The van der Waals surface area contributed by atoms with E-state index in [-0.39, 0.29) is 23.8 Å². The van der Waals surface area contributed by atoms with Crippen molar-refractivity contribution in [3.63, 3.8) is 0 Å². The van der Waals surface area contributed by atoms with Crippen LogP contribution in [0.3, 0.4) is 0 Å². The number of carbonyl (C=O) groups is 2. The van der Waals surface area contributed by atoms with Gasteiger partial charge in [0.2, 0.25) is 0 Å². The number of nitrogen functional groups attached to an aromatic ring is 1. The normalized spacial score (nSPS) is 23.1. The van der Waals surface area contributed by atoms with Crippen LogP contribution in [-0.2, 0) is 16.0 Å². The van der Waals surface area contributed by atoms with Gasteiger partial charge in [0.25, 0.3) is 5.91 Å². The fourth-order valence-electron chi connectivity index (χ4n) is 5.00. The highest BCUT2D eigenvalue weighted by Crippen LogP contribution is 2.38. The van der Waals surface area contributed by atoms with Crippen LogP contribution in [0.4, 0.5) is 5.69 Å². The third-order valence-corrected chi connectivity index (χ3v) is 6.83.